The quantitative estimate of drug-likeness (QED) is 0.754. The Labute approximate surface area is 164 Å². The van der Waals surface area contributed by atoms with Gasteiger partial charge >= 0.3 is 0 Å². The van der Waals surface area contributed by atoms with Gasteiger partial charge in [-0.25, -0.2) is 9.97 Å². The highest BCUT2D eigenvalue weighted by atomic mass is 16.1. The fraction of sp³-hybridized carbons (Fsp3) is 0.773. The fourth-order valence-corrected chi connectivity index (χ4v) is 5.03. The summed E-state index contributed by atoms with van der Waals surface area (Å²) in [6.45, 7) is 8.47. The lowest BCUT2D eigenvalue weighted by Crippen LogP contribution is -2.57. The first-order chi connectivity index (χ1) is 13.0. The van der Waals surface area contributed by atoms with Crippen LogP contribution < -0.4 is 4.90 Å². The Morgan fingerprint density at radius 2 is 1.74 bits per heavy atom. The first-order valence-corrected chi connectivity index (χ1v) is 10.8. The minimum atomic E-state index is 0.322. The van der Waals surface area contributed by atoms with Gasteiger partial charge in [0, 0.05) is 43.7 Å². The van der Waals surface area contributed by atoms with E-state index >= 15 is 0 Å². The van der Waals surface area contributed by atoms with Crippen molar-refractivity contribution in [2.45, 2.75) is 83.7 Å². The Kier molecular flexibility index (Phi) is 6.85. The third-order valence-electron chi connectivity index (χ3n) is 6.49. The fourth-order valence-electron chi connectivity index (χ4n) is 5.03. The molecule has 2 heterocycles. The smallest absolute Gasteiger partial charge is 0.133 e. The molecule has 1 saturated carbocycles. The van der Waals surface area contributed by atoms with Gasteiger partial charge in [-0.15, -0.1) is 0 Å². The molecule has 2 fully saturated rings. The van der Waals surface area contributed by atoms with Gasteiger partial charge in [-0.2, -0.15) is 0 Å². The summed E-state index contributed by atoms with van der Waals surface area (Å²) in [6, 6.07) is 3.13. The first kappa shape index (κ1) is 20.2. The van der Waals surface area contributed by atoms with E-state index in [0.29, 0.717) is 29.7 Å². The largest absolute Gasteiger partial charge is 0.348 e. The van der Waals surface area contributed by atoms with Crippen LogP contribution >= 0.6 is 0 Å². The molecule has 1 aromatic rings. The minimum Gasteiger partial charge on any atom is -0.348 e. The van der Waals surface area contributed by atoms with Gasteiger partial charge in [0.05, 0.1) is 0 Å². The molecule has 150 valence electrons. The highest BCUT2D eigenvalue weighted by Crippen LogP contribution is 2.36. The molecule has 3 rings (SSSR count). The average molecular weight is 373 g/mol. The average Bonchev–Trinajstić information content (AvgIpc) is 2.67. The first-order valence-electron chi connectivity index (χ1n) is 10.8. The van der Waals surface area contributed by atoms with E-state index in [9.17, 15) is 4.79 Å². The van der Waals surface area contributed by atoms with Crippen molar-refractivity contribution >= 4 is 11.6 Å². The summed E-state index contributed by atoms with van der Waals surface area (Å²) in [5.74, 6) is 3.45. The van der Waals surface area contributed by atoms with Gasteiger partial charge in [0.15, 0.2) is 0 Å². The molecule has 0 aromatic carbocycles. The molecule has 0 radical (unpaired) electrons. The van der Waals surface area contributed by atoms with Crippen LogP contribution in [-0.4, -0.2) is 52.9 Å². The van der Waals surface area contributed by atoms with E-state index in [0.717, 1.165) is 69.7 Å². The lowest BCUT2D eigenvalue weighted by atomic mass is 9.79. The van der Waals surface area contributed by atoms with Gasteiger partial charge < -0.3 is 14.6 Å². The van der Waals surface area contributed by atoms with Crippen molar-refractivity contribution in [3.05, 3.63) is 18.1 Å². The predicted octanol–water partition coefficient (Wildman–Crippen LogP) is 4.04. The van der Waals surface area contributed by atoms with Gasteiger partial charge in [-0.1, -0.05) is 13.8 Å². The molecule has 0 amide bonds. The van der Waals surface area contributed by atoms with Crippen molar-refractivity contribution in [1.82, 2.24) is 14.9 Å². The van der Waals surface area contributed by atoms with E-state index in [-0.39, 0.29) is 0 Å². The number of nitrogens with zero attached hydrogens (tertiary/aromatic N) is 4. The molecule has 5 nitrogen and oxygen atoms in total. The number of Topliss-reactive ketones (excluding diaryl/α,β-unsaturated/α-hetero) is 1. The van der Waals surface area contributed by atoms with Crippen LogP contribution in [0.3, 0.4) is 0 Å². The molecule has 0 bridgehead atoms. The second-order valence-corrected chi connectivity index (χ2v) is 8.65. The number of carbonyl (C=O) groups is 1. The summed E-state index contributed by atoms with van der Waals surface area (Å²) in [7, 11) is 2.23. The molecule has 5 heteroatoms. The minimum absolute atomic E-state index is 0.322. The second-order valence-electron chi connectivity index (χ2n) is 8.65. The molecule has 1 aliphatic carbocycles. The number of rotatable bonds is 6. The van der Waals surface area contributed by atoms with Gasteiger partial charge in [0.25, 0.3) is 0 Å². The Morgan fingerprint density at radius 3 is 2.30 bits per heavy atom. The Balaban J connectivity index is 1.74. The van der Waals surface area contributed by atoms with Crippen molar-refractivity contribution in [1.29, 1.82) is 0 Å². The highest BCUT2D eigenvalue weighted by molar-refractivity contribution is 5.75. The van der Waals surface area contributed by atoms with Crippen molar-refractivity contribution in [2.24, 2.45) is 5.92 Å². The van der Waals surface area contributed by atoms with E-state index < -0.39 is 0 Å². The predicted molar refractivity (Wildman–Crippen MR) is 110 cm³/mol. The summed E-state index contributed by atoms with van der Waals surface area (Å²) in [6.07, 6.45) is 9.44. The normalized spacial score (nSPS) is 29.7. The SMILES string of the molecule is CCC1CN(C)CC(CC)N1c1ccnc(C2CCC(CC(C)=O)CC2)n1. The highest BCUT2D eigenvalue weighted by Gasteiger charge is 2.33. The Hall–Kier alpha value is -1.49. The number of hydrogen-bond donors (Lipinski definition) is 0. The number of carbonyl (C=O) groups excluding carboxylic acids is 1. The number of piperazine rings is 1. The zero-order chi connectivity index (χ0) is 19.4. The Morgan fingerprint density at radius 1 is 1.11 bits per heavy atom. The standard InChI is InChI=1S/C22H36N4O/c1-5-19-14-25(4)15-20(6-2)26(19)21-11-12-23-22(24-21)18-9-7-17(8-10-18)13-16(3)27/h11-12,17-20H,5-10,13-15H2,1-4H3. The zero-order valence-electron chi connectivity index (χ0n) is 17.5. The maximum Gasteiger partial charge on any atom is 0.133 e. The molecule has 2 unspecified atom stereocenters. The summed E-state index contributed by atoms with van der Waals surface area (Å²) >= 11 is 0. The van der Waals surface area contributed by atoms with Crippen LogP contribution in [0.5, 0.6) is 0 Å². The molecular formula is C22H36N4O. The van der Waals surface area contributed by atoms with Crippen LogP contribution in [-0.2, 0) is 4.79 Å². The van der Waals surface area contributed by atoms with Crippen LogP contribution in [0.2, 0.25) is 0 Å². The van der Waals surface area contributed by atoms with Gasteiger partial charge in [0.2, 0.25) is 0 Å². The molecule has 0 spiro atoms. The molecule has 0 N–H and O–H groups in total. The van der Waals surface area contributed by atoms with Gasteiger partial charge in [-0.3, -0.25) is 0 Å². The topological polar surface area (TPSA) is 49.3 Å². The van der Waals surface area contributed by atoms with Crippen LogP contribution in [0.1, 0.15) is 77.5 Å². The van der Waals surface area contributed by atoms with Crippen LogP contribution in [0.25, 0.3) is 0 Å². The van der Waals surface area contributed by atoms with Crippen LogP contribution in [0.15, 0.2) is 12.3 Å². The summed E-state index contributed by atoms with van der Waals surface area (Å²) < 4.78 is 0. The van der Waals surface area contributed by atoms with Crippen LogP contribution in [0.4, 0.5) is 5.82 Å². The van der Waals surface area contributed by atoms with E-state index in [1.807, 2.05) is 6.20 Å². The summed E-state index contributed by atoms with van der Waals surface area (Å²) in [4.78, 5) is 26.1. The molecular weight excluding hydrogens is 336 g/mol. The number of aromatic nitrogens is 2. The summed E-state index contributed by atoms with van der Waals surface area (Å²) in [5, 5.41) is 0. The molecule has 2 atom stereocenters. The van der Waals surface area contributed by atoms with Crippen molar-refractivity contribution in [3.8, 4) is 0 Å². The van der Waals surface area contributed by atoms with E-state index in [4.69, 9.17) is 4.98 Å². The number of likely N-dealkylation sites (N-methyl/N-ethyl adjacent to an activating group) is 1. The van der Waals surface area contributed by atoms with E-state index in [1.54, 1.807) is 6.92 Å². The molecule has 1 saturated heterocycles. The maximum atomic E-state index is 11.4. The molecule has 2 aliphatic rings. The second kappa shape index (κ2) is 9.13. The molecule has 27 heavy (non-hydrogen) atoms. The van der Waals surface area contributed by atoms with Gasteiger partial charge in [-0.05, 0) is 64.5 Å². The monoisotopic (exact) mass is 372 g/mol. The van der Waals surface area contributed by atoms with Crippen molar-refractivity contribution in [2.75, 3.05) is 25.0 Å². The third kappa shape index (κ3) is 4.87. The van der Waals surface area contributed by atoms with E-state index in [2.05, 4.69) is 41.7 Å². The van der Waals surface area contributed by atoms with Gasteiger partial charge in [0.1, 0.15) is 17.4 Å². The van der Waals surface area contributed by atoms with Crippen molar-refractivity contribution < 1.29 is 4.79 Å². The maximum absolute atomic E-state index is 11.4. The lowest BCUT2D eigenvalue weighted by molar-refractivity contribution is -0.118. The van der Waals surface area contributed by atoms with Crippen molar-refractivity contribution in [3.63, 3.8) is 0 Å². The molecule has 1 aromatic heterocycles. The summed E-state index contributed by atoms with van der Waals surface area (Å²) in [5.41, 5.74) is 0. The van der Waals surface area contributed by atoms with E-state index in [1.165, 1.54) is 0 Å². The number of ketones is 1. The third-order valence-corrected chi connectivity index (χ3v) is 6.49. The Bertz CT molecular complexity index is 612. The molecule has 1 aliphatic heterocycles. The number of anilines is 1. The number of hydrogen-bond acceptors (Lipinski definition) is 5. The zero-order valence-corrected chi connectivity index (χ0v) is 17.5. The lowest BCUT2D eigenvalue weighted by Gasteiger charge is -2.46. The van der Waals surface area contributed by atoms with Crippen LogP contribution in [0, 0.1) is 5.92 Å².